The lowest BCUT2D eigenvalue weighted by molar-refractivity contribution is -0.118. The number of aryl methyl sites for hydroxylation is 2. The third kappa shape index (κ3) is 3.31. The van der Waals surface area contributed by atoms with E-state index in [-0.39, 0.29) is 17.1 Å². The number of benzene rings is 3. The van der Waals surface area contributed by atoms with Crippen molar-refractivity contribution in [3.63, 3.8) is 0 Å². The second-order valence-corrected chi connectivity index (χ2v) is 11.5. The van der Waals surface area contributed by atoms with E-state index in [2.05, 4.69) is 92.2 Å². The first-order valence-corrected chi connectivity index (χ1v) is 13.6. The van der Waals surface area contributed by atoms with Gasteiger partial charge in [0.2, 0.25) is 0 Å². The molecular weight excluding hydrogens is 468 g/mol. The Bertz CT molecular complexity index is 1780. The Kier molecular flexibility index (Phi) is 4.96. The smallest absolute Gasteiger partial charge is 0.162 e. The number of ketones is 1. The first-order valence-electron chi connectivity index (χ1n) is 13.6. The predicted octanol–water partition coefficient (Wildman–Crippen LogP) is 7.51. The summed E-state index contributed by atoms with van der Waals surface area (Å²) in [5.41, 5.74) is 8.54. The number of nitrogens with one attached hydrogen (secondary N) is 1. The van der Waals surface area contributed by atoms with Crippen molar-refractivity contribution >= 4 is 33.4 Å². The number of fused-ring (bicyclic) bond motifs is 4. The molecule has 1 atom stereocenters. The lowest BCUT2D eigenvalue weighted by atomic mass is 9.69. The summed E-state index contributed by atoms with van der Waals surface area (Å²) in [6.07, 6.45) is 1.39. The molecular formula is C33H32N4O. The van der Waals surface area contributed by atoms with E-state index in [1.807, 2.05) is 22.9 Å². The molecule has 0 bridgehead atoms. The van der Waals surface area contributed by atoms with Crippen LogP contribution >= 0.6 is 0 Å². The third-order valence-electron chi connectivity index (χ3n) is 8.32. The standard InChI is InChI=1S/C33H32N4O/c1-5-36-26-14-10-9-13-23(26)24-17-21(15-16-27(24)36)30-29-20(2)35-37(22-11-7-6-8-12-22)32(29)34-25-18-33(3,4)19-28(38)31(25)30/h6-17,30,34H,5,18-19H2,1-4H3/t30-/m0/s1. The zero-order valence-electron chi connectivity index (χ0n) is 22.4. The largest absolute Gasteiger partial charge is 0.343 e. The lowest BCUT2D eigenvalue weighted by Gasteiger charge is -2.38. The van der Waals surface area contributed by atoms with E-state index in [0.29, 0.717) is 6.42 Å². The zero-order chi connectivity index (χ0) is 26.2. The van der Waals surface area contributed by atoms with Gasteiger partial charge in [0.15, 0.2) is 5.78 Å². The van der Waals surface area contributed by atoms with Gasteiger partial charge < -0.3 is 9.88 Å². The Morgan fingerprint density at radius 3 is 2.47 bits per heavy atom. The normalized spacial score (nSPS) is 18.5. The average Bonchev–Trinajstić information content (AvgIpc) is 3.41. The van der Waals surface area contributed by atoms with Crippen LogP contribution in [0, 0.1) is 12.3 Å². The molecule has 0 spiro atoms. The van der Waals surface area contributed by atoms with Gasteiger partial charge in [-0.1, -0.05) is 56.3 Å². The summed E-state index contributed by atoms with van der Waals surface area (Å²) in [4.78, 5) is 13.8. The number of anilines is 1. The summed E-state index contributed by atoms with van der Waals surface area (Å²) in [5.74, 6) is 1.05. The quantitative estimate of drug-likeness (QED) is 0.279. The number of allylic oxidation sites excluding steroid dienone is 2. The molecule has 3 aromatic carbocycles. The van der Waals surface area contributed by atoms with E-state index in [1.165, 1.54) is 21.8 Å². The molecule has 0 saturated heterocycles. The highest BCUT2D eigenvalue weighted by Gasteiger charge is 2.43. The zero-order valence-corrected chi connectivity index (χ0v) is 22.4. The number of para-hydroxylation sites is 2. The van der Waals surface area contributed by atoms with Gasteiger partial charge in [-0.3, -0.25) is 4.79 Å². The van der Waals surface area contributed by atoms with Crippen LogP contribution in [0.1, 0.15) is 56.4 Å². The van der Waals surface area contributed by atoms with Crippen molar-refractivity contribution in [3.05, 3.63) is 101 Å². The van der Waals surface area contributed by atoms with E-state index in [0.717, 1.165) is 52.6 Å². The van der Waals surface area contributed by atoms with Crippen LogP contribution in [0.5, 0.6) is 0 Å². The van der Waals surface area contributed by atoms with Crippen LogP contribution in [0.3, 0.4) is 0 Å². The van der Waals surface area contributed by atoms with Crippen molar-refractivity contribution < 1.29 is 4.79 Å². The molecule has 2 aliphatic rings. The summed E-state index contributed by atoms with van der Waals surface area (Å²) in [6.45, 7) is 9.54. The Labute approximate surface area is 222 Å². The summed E-state index contributed by atoms with van der Waals surface area (Å²) in [7, 11) is 0. The highest BCUT2D eigenvalue weighted by Crippen LogP contribution is 2.51. The number of aromatic nitrogens is 3. The van der Waals surface area contributed by atoms with E-state index in [4.69, 9.17) is 5.10 Å². The van der Waals surface area contributed by atoms with Gasteiger partial charge in [-0.25, -0.2) is 4.68 Å². The average molecular weight is 501 g/mol. The Balaban J connectivity index is 1.50. The Morgan fingerprint density at radius 2 is 1.68 bits per heavy atom. The molecule has 7 rings (SSSR count). The number of Topliss-reactive ketones (excluding diaryl/α,β-unsaturated/α-hetero) is 1. The second kappa shape index (κ2) is 8.19. The Morgan fingerprint density at radius 1 is 0.947 bits per heavy atom. The van der Waals surface area contributed by atoms with Gasteiger partial charge in [0, 0.05) is 57.5 Å². The maximum absolute atomic E-state index is 13.8. The lowest BCUT2D eigenvalue weighted by Crippen LogP contribution is -2.34. The highest BCUT2D eigenvalue weighted by molar-refractivity contribution is 6.09. The van der Waals surface area contributed by atoms with E-state index < -0.39 is 0 Å². The molecule has 0 radical (unpaired) electrons. The molecule has 1 N–H and O–H groups in total. The maximum atomic E-state index is 13.8. The van der Waals surface area contributed by atoms with Crippen LogP contribution in [0.25, 0.3) is 27.5 Å². The van der Waals surface area contributed by atoms with Crippen LogP contribution in [0.4, 0.5) is 5.82 Å². The van der Waals surface area contributed by atoms with Gasteiger partial charge in [-0.05, 0) is 61.6 Å². The number of hydrogen-bond acceptors (Lipinski definition) is 3. The molecule has 38 heavy (non-hydrogen) atoms. The SMILES string of the molecule is CCn1c2ccccc2c2cc([C@@H]3C4=C(CC(C)(C)CC4=O)Nc4c3c(C)nn4-c3ccccc3)ccc21. The van der Waals surface area contributed by atoms with Gasteiger partial charge in [0.1, 0.15) is 5.82 Å². The summed E-state index contributed by atoms with van der Waals surface area (Å²) < 4.78 is 4.38. The van der Waals surface area contributed by atoms with Crippen molar-refractivity contribution in [2.75, 3.05) is 5.32 Å². The monoisotopic (exact) mass is 500 g/mol. The molecule has 3 heterocycles. The van der Waals surface area contributed by atoms with Gasteiger partial charge in [-0.15, -0.1) is 0 Å². The topological polar surface area (TPSA) is 51.9 Å². The van der Waals surface area contributed by atoms with Gasteiger partial charge in [0.25, 0.3) is 0 Å². The summed E-state index contributed by atoms with van der Waals surface area (Å²) >= 11 is 0. The second-order valence-electron chi connectivity index (χ2n) is 11.5. The highest BCUT2D eigenvalue weighted by atomic mass is 16.1. The van der Waals surface area contributed by atoms with E-state index in [9.17, 15) is 4.79 Å². The first kappa shape index (κ1) is 23.0. The number of rotatable bonds is 3. The van der Waals surface area contributed by atoms with Crippen LogP contribution in [0.2, 0.25) is 0 Å². The number of carbonyl (C=O) groups is 1. The minimum atomic E-state index is -0.157. The molecule has 190 valence electrons. The molecule has 5 aromatic rings. The molecule has 0 saturated carbocycles. The molecule has 0 amide bonds. The summed E-state index contributed by atoms with van der Waals surface area (Å²) in [5, 5.41) is 11.2. The van der Waals surface area contributed by atoms with Gasteiger partial charge in [-0.2, -0.15) is 5.10 Å². The number of hydrogen-bond donors (Lipinski definition) is 1. The van der Waals surface area contributed by atoms with Crippen molar-refractivity contribution in [2.24, 2.45) is 5.41 Å². The number of nitrogens with zero attached hydrogens (tertiary/aromatic N) is 3. The fourth-order valence-corrected chi connectivity index (χ4v) is 6.75. The third-order valence-corrected chi connectivity index (χ3v) is 8.32. The summed E-state index contributed by atoms with van der Waals surface area (Å²) in [6, 6.07) is 25.7. The number of carbonyl (C=O) groups excluding carboxylic acids is 1. The van der Waals surface area contributed by atoms with Crippen molar-refractivity contribution in [3.8, 4) is 5.69 Å². The molecule has 5 heteroatoms. The van der Waals surface area contributed by atoms with Gasteiger partial charge in [0.05, 0.1) is 11.4 Å². The molecule has 1 aliphatic heterocycles. The molecule has 5 nitrogen and oxygen atoms in total. The van der Waals surface area contributed by atoms with E-state index >= 15 is 0 Å². The van der Waals surface area contributed by atoms with Crippen molar-refractivity contribution in [1.82, 2.24) is 14.3 Å². The molecule has 0 unspecified atom stereocenters. The molecule has 2 aromatic heterocycles. The predicted molar refractivity (Wildman–Crippen MR) is 154 cm³/mol. The minimum Gasteiger partial charge on any atom is -0.343 e. The van der Waals surface area contributed by atoms with Crippen LogP contribution in [0.15, 0.2) is 84.1 Å². The first-order chi connectivity index (χ1) is 18.4. The molecule has 0 fully saturated rings. The van der Waals surface area contributed by atoms with Crippen LogP contribution in [-0.2, 0) is 11.3 Å². The fraction of sp³-hybridized carbons (Fsp3) is 0.273. The van der Waals surface area contributed by atoms with Gasteiger partial charge >= 0.3 is 0 Å². The molecule has 1 aliphatic carbocycles. The Hall–Kier alpha value is -4.12. The van der Waals surface area contributed by atoms with E-state index in [1.54, 1.807) is 0 Å². The minimum absolute atomic E-state index is 0.0872. The fourth-order valence-electron chi connectivity index (χ4n) is 6.75. The van der Waals surface area contributed by atoms with Crippen molar-refractivity contribution in [1.29, 1.82) is 0 Å². The maximum Gasteiger partial charge on any atom is 0.162 e. The van der Waals surface area contributed by atoms with Crippen molar-refractivity contribution in [2.45, 2.75) is 53.0 Å². The van der Waals surface area contributed by atoms with Crippen LogP contribution in [-0.4, -0.2) is 20.1 Å². The van der Waals surface area contributed by atoms with Crippen LogP contribution < -0.4 is 5.32 Å².